The van der Waals surface area contributed by atoms with Gasteiger partial charge >= 0.3 is 0 Å². The van der Waals surface area contributed by atoms with E-state index in [1.165, 1.54) is 11.0 Å². The Morgan fingerprint density at radius 1 is 1.16 bits per heavy atom. The fourth-order valence-electron chi connectivity index (χ4n) is 2.24. The molecule has 0 amide bonds. The van der Waals surface area contributed by atoms with Crippen LogP contribution in [0.2, 0.25) is 23.2 Å². The second kappa shape index (κ2) is 9.01. The largest absolute Gasteiger partial charge is 0.406 e. The number of nitrogens with zero attached hydrogens (tertiary/aromatic N) is 4. The van der Waals surface area contributed by atoms with Gasteiger partial charge in [-0.1, -0.05) is 53.1 Å². The van der Waals surface area contributed by atoms with E-state index in [2.05, 4.69) is 82.3 Å². The lowest BCUT2D eigenvalue weighted by Crippen LogP contribution is -2.43. The standard InChI is InChI=1S/C21H38ClN5O2SSi/c1-20(2,3)30(7,8)28-14-18(29-31(9,10)21(4,5)6)17-13-25-27(26-17)19-16(22)11-15(23)12-24-19/h11-13,18H,14,23H2,1-10H3. The molecule has 2 aromatic heterocycles. The number of aromatic nitrogens is 4. The molecule has 2 N–H and O–H groups in total. The molecule has 1 unspecified atom stereocenters. The van der Waals surface area contributed by atoms with Crippen LogP contribution in [-0.2, 0) is 8.61 Å². The fourth-order valence-corrected chi connectivity index (χ4v) is 4.56. The molecule has 0 aliphatic carbocycles. The monoisotopic (exact) mass is 487 g/mol. The summed E-state index contributed by atoms with van der Waals surface area (Å²) in [4.78, 5) is 5.69. The molecule has 2 rings (SSSR count). The molecule has 0 aliphatic heterocycles. The Balaban J connectivity index is 2.37. The molecule has 31 heavy (non-hydrogen) atoms. The second-order valence-electron chi connectivity index (χ2n) is 10.6. The van der Waals surface area contributed by atoms with Crippen LogP contribution in [0.3, 0.4) is 0 Å². The van der Waals surface area contributed by atoms with Crippen molar-refractivity contribution in [2.24, 2.45) is 0 Å². The maximum absolute atomic E-state index is 6.73. The molecule has 10 heteroatoms. The summed E-state index contributed by atoms with van der Waals surface area (Å²) in [5, 5.41) is 9.47. The average Bonchev–Trinajstić information content (AvgIpc) is 3.06. The van der Waals surface area contributed by atoms with E-state index < -0.39 is 18.6 Å². The van der Waals surface area contributed by atoms with Gasteiger partial charge < -0.3 is 14.3 Å². The van der Waals surface area contributed by atoms with Gasteiger partial charge in [0.15, 0.2) is 14.1 Å². The summed E-state index contributed by atoms with van der Waals surface area (Å²) in [5.74, 6) is 0.426. The lowest BCUT2D eigenvalue weighted by molar-refractivity contribution is 0.119. The van der Waals surface area contributed by atoms with Crippen molar-refractivity contribution < 1.29 is 8.61 Å². The van der Waals surface area contributed by atoms with E-state index in [0.29, 0.717) is 28.8 Å². The minimum absolute atomic E-state index is 0.0492. The molecule has 176 valence electrons. The van der Waals surface area contributed by atoms with E-state index in [1.54, 1.807) is 12.3 Å². The van der Waals surface area contributed by atoms with E-state index >= 15 is 0 Å². The third-order valence-electron chi connectivity index (χ3n) is 6.10. The van der Waals surface area contributed by atoms with Crippen LogP contribution in [0.5, 0.6) is 0 Å². The Bertz CT molecular complexity index is 906. The van der Waals surface area contributed by atoms with Gasteiger partial charge in [0.1, 0.15) is 11.8 Å². The van der Waals surface area contributed by atoms with Gasteiger partial charge in [0, 0.05) is 4.75 Å². The lowest BCUT2D eigenvalue weighted by atomic mass is 10.2. The van der Waals surface area contributed by atoms with Crippen molar-refractivity contribution in [3.63, 3.8) is 0 Å². The maximum atomic E-state index is 6.73. The second-order valence-corrected chi connectivity index (χ2v) is 19.7. The van der Waals surface area contributed by atoms with Crippen LogP contribution in [0.25, 0.3) is 5.82 Å². The molecule has 0 aromatic carbocycles. The fraction of sp³-hybridized carbons (Fsp3) is 0.667. The van der Waals surface area contributed by atoms with Gasteiger partial charge in [-0.05, 0) is 36.7 Å². The van der Waals surface area contributed by atoms with E-state index in [1.807, 2.05) is 0 Å². The van der Waals surface area contributed by atoms with Crippen LogP contribution in [0.15, 0.2) is 18.5 Å². The summed E-state index contributed by atoms with van der Waals surface area (Å²) < 4.78 is 13.3. The molecule has 1 atom stereocenters. The highest BCUT2D eigenvalue weighted by molar-refractivity contribution is 8.29. The molecule has 7 nitrogen and oxygen atoms in total. The first-order chi connectivity index (χ1) is 13.9. The third kappa shape index (κ3) is 6.22. The maximum Gasteiger partial charge on any atom is 0.193 e. The summed E-state index contributed by atoms with van der Waals surface area (Å²) in [5.41, 5.74) is 6.94. The Morgan fingerprint density at radius 3 is 2.29 bits per heavy atom. The number of hydrogen-bond donors (Lipinski definition) is 1. The molecule has 0 aliphatic rings. The zero-order chi connectivity index (χ0) is 23.8. The Kier molecular flexibility index (Phi) is 7.60. The molecule has 0 fully saturated rings. The summed E-state index contributed by atoms with van der Waals surface area (Å²) in [7, 11) is -3.40. The van der Waals surface area contributed by atoms with Crippen molar-refractivity contribution in [3.8, 4) is 5.82 Å². The minimum Gasteiger partial charge on any atom is -0.406 e. The molecular weight excluding hydrogens is 450 g/mol. The van der Waals surface area contributed by atoms with E-state index in [-0.39, 0.29) is 15.9 Å². The summed E-state index contributed by atoms with van der Waals surface area (Å²) in [6.45, 7) is 18.1. The van der Waals surface area contributed by atoms with E-state index in [9.17, 15) is 0 Å². The molecule has 0 saturated heterocycles. The quantitative estimate of drug-likeness (QED) is 0.500. The Hall–Kier alpha value is -1.13. The Labute approximate surface area is 194 Å². The predicted molar refractivity (Wildman–Crippen MR) is 135 cm³/mol. The van der Waals surface area contributed by atoms with Crippen molar-refractivity contribution in [2.75, 3.05) is 24.9 Å². The molecule has 2 heterocycles. The number of nitrogens with two attached hydrogens (primary N) is 1. The predicted octanol–water partition coefficient (Wildman–Crippen LogP) is 5.76. The molecule has 0 radical (unpaired) electrons. The topological polar surface area (TPSA) is 88.1 Å². The summed E-state index contributed by atoms with van der Waals surface area (Å²) >= 11 is 6.30. The van der Waals surface area contributed by atoms with Crippen molar-refractivity contribution in [1.82, 2.24) is 20.0 Å². The van der Waals surface area contributed by atoms with Gasteiger partial charge in [-0.25, -0.2) is 4.98 Å². The lowest BCUT2D eigenvalue weighted by Gasteiger charge is -2.45. The van der Waals surface area contributed by atoms with Crippen LogP contribution in [-0.4, -0.2) is 52.2 Å². The number of hydrogen-bond acceptors (Lipinski definition) is 6. The van der Waals surface area contributed by atoms with Gasteiger partial charge in [0.2, 0.25) is 0 Å². The van der Waals surface area contributed by atoms with E-state index in [4.69, 9.17) is 25.9 Å². The van der Waals surface area contributed by atoms with Crippen molar-refractivity contribution >= 4 is 35.9 Å². The minimum atomic E-state index is -2.09. The highest BCUT2D eigenvalue weighted by atomic mass is 35.5. The van der Waals surface area contributed by atoms with Gasteiger partial charge in [-0.3, -0.25) is 0 Å². The third-order valence-corrected chi connectivity index (χ3v) is 14.5. The summed E-state index contributed by atoms with van der Waals surface area (Å²) in [6, 6.07) is 1.63. The zero-order valence-electron chi connectivity index (χ0n) is 20.5. The van der Waals surface area contributed by atoms with Crippen LogP contribution < -0.4 is 5.73 Å². The first-order valence-electron chi connectivity index (χ1n) is 10.3. The normalized spacial score (nSPS) is 15.2. The molecule has 2 aromatic rings. The van der Waals surface area contributed by atoms with Gasteiger partial charge in [0.05, 0.1) is 29.7 Å². The number of rotatable bonds is 7. The van der Waals surface area contributed by atoms with Gasteiger partial charge in [0.25, 0.3) is 0 Å². The number of pyridine rings is 1. The molecular formula is C21H38ClN5O2SSi. The van der Waals surface area contributed by atoms with Crippen LogP contribution in [0, 0.1) is 0 Å². The van der Waals surface area contributed by atoms with Gasteiger partial charge in [-0.15, -0.1) is 20.2 Å². The van der Waals surface area contributed by atoms with Crippen molar-refractivity contribution in [3.05, 3.63) is 29.2 Å². The number of nitrogen functional groups attached to an aromatic ring is 1. The van der Waals surface area contributed by atoms with Gasteiger partial charge in [-0.2, -0.15) is 5.10 Å². The SMILES string of the molecule is CC(C)(C)[Si](C)(C)OC(COS(C)(C)C(C)(C)C)c1cnn(-c2ncc(N)cc2Cl)n1. The van der Waals surface area contributed by atoms with Crippen molar-refractivity contribution in [2.45, 2.75) is 70.5 Å². The molecule has 0 bridgehead atoms. The highest BCUT2D eigenvalue weighted by Gasteiger charge is 2.41. The van der Waals surface area contributed by atoms with Crippen LogP contribution in [0.4, 0.5) is 5.69 Å². The zero-order valence-corrected chi connectivity index (χ0v) is 23.1. The number of anilines is 1. The molecule has 0 spiro atoms. The van der Waals surface area contributed by atoms with Crippen molar-refractivity contribution in [1.29, 1.82) is 0 Å². The smallest absolute Gasteiger partial charge is 0.193 e. The molecule has 0 saturated carbocycles. The van der Waals surface area contributed by atoms with Crippen LogP contribution >= 0.6 is 21.9 Å². The van der Waals surface area contributed by atoms with Crippen LogP contribution in [0.1, 0.15) is 53.3 Å². The highest BCUT2D eigenvalue weighted by Crippen LogP contribution is 2.54. The Morgan fingerprint density at radius 2 is 1.77 bits per heavy atom. The average molecular weight is 488 g/mol. The number of halogens is 1. The summed E-state index contributed by atoms with van der Waals surface area (Å²) in [6.07, 6.45) is 7.27. The first-order valence-corrected chi connectivity index (χ1v) is 16.0. The van der Waals surface area contributed by atoms with E-state index in [0.717, 1.165) is 0 Å². The first kappa shape index (κ1) is 26.1.